The Balaban J connectivity index is 0.995. The van der Waals surface area contributed by atoms with Crippen LogP contribution in [-0.4, -0.2) is 162 Å². The van der Waals surface area contributed by atoms with Crippen molar-refractivity contribution in [2.45, 2.75) is 63.6 Å². The first-order chi connectivity index (χ1) is 40.7. The minimum atomic E-state index is -0.967. The fourth-order valence-electron chi connectivity index (χ4n) is 8.86. The molecule has 1 radical (unpaired) electrons. The van der Waals surface area contributed by atoms with Gasteiger partial charge >= 0.3 is 0 Å². The van der Waals surface area contributed by atoms with E-state index in [0.717, 1.165) is 33.4 Å². The first-order valence-electron chi connectivity index (χ1n) is 28.7. The number of rotatable bonds is 46. The molecule has 5 aromatic rings. The van der Waals surface area contributed by atoms with Gasteiger partial charge in [-0.15, -0.1) is 0 Å². The molecule has 19 nitrogen and oxygen atoms in total. The molecular weight excluding hydrogens is 1060 g/mol. The zero-order valence-electron chi connectivity index (χ0n) is 48.5. The Morgan fingerprint density at radius 1 is 0.530 bits per heavy atom. The van der Waals surface area contributed by atoms with Crippen LogP contribution in [0, 0.1) is 20.8 Å². The summed E-state index contributed by atoms with van der Waals surface area (Å²) in [5.41, 5.74) is 15.2. The van der Waals surface area contributed by atoms with Gasteiger partial charge in [-0.25, -0.2) is 0 Å². The van der Waals surface area contributed by atoms with Crippen molar-refractivity contribution in [2.24, 2.45) is 5.11 Å². The number of azide groups is 1. The number of nitrogens with one attached hydrogen (secondary N) is 4. The molecule has 0 unspecified atom stereocenters. The van der Waals surface area contributed by atoms with Gasteiger partial charge in [0.15, 0.2) is 0 Å². The number of hydrogen-bond donors (Lipinski definition) is 4. The molecule has 0 aromatic heterocycles. The topological polar surface area (TPSA) is 231 Å². The van der Waals surface area contributed by atoms with Crippen molar-refractivity contribution in [3.63, 3.8) is 0 Å². The number of anilines is 1. The fraction of sp³-hybridized carbons (Fsp3) is 0.469. The van der Waals surface area contributed by atoms with Gasteiger partial charge in [0.05, 0.1) is 124 Å². The van der Waals surface area contributed by atoms with Crippen molar-refractivity contribution in [3.8, 4) is 0 Å². The van der Waals surface area contributed by atoms with Crippen LogP contribution in [0.1, 0.15) is 64.6 Å². The first-order valence-corrected chi connectivity index (χ1v) is 28.7. The molecule has 19 heteroatoms. The largest absolute Gasteiger partial charge is 0.379 e. The van der Waals surface area contributed by atoms with Gasteiger partial charge in [-0.2, -0.15) is 0 Å². The molecule has 0 saturated carbocycles. The quantitative estimate of drug-likeness (QED) is 0.00947. The molecule has 83 heavy (non-hydrogen) atoms. The number of unbranched alkanes of at least 4 members (excludes halogenated alkanes) is 1. The number of carbonyl (C=O) groups is 3. The van der Waals surface area contributed by atoms with Crippen molar-refractivity contribution >= 4 is 23.4 Å². The summed E-state index contributed by atoms with van der Waals surface area (Å²) in [5.74, 6) is -1.18. The Kier molecular flexibility index (Phi) is 33.5. The maximum absolute atomic E-state index is 14.4. The number of ether oxygens (including phenoxy) is 9. The molecule has 3 amide bonds. The fourth-order valence-corrected chi connectivity index (χ4v) is 8.86. The van der Waals surface area contributed by atoms with E-state index >= 15 is 0 Å². The highest BCUT2D eigenvalue weighted by molar-refractivity contribution is 5.99. The predicted molar refractivity (Wildman–Crippen MR) is 320 cm³/mol. The molecular formula is C64H86N7O12. The van der Waals surface area contributed by atoms with Gasteiger partial charge < -0.3 is 58.6 Å². The minimum absolute atomic E-state index is 0.0183. The molecule has 0 aliphatic carbocycles. The average Bonchev–Trinajstić information content (AvgIpc) is 3.59. The summed E-state index contributed by atoms with van der Waals surface area (Å²) in [7, 11) is 0. The molecule has 0 aliphatic heterocycles. The van der Waals surface area contributed by atoms with E-state index in [1.54, 1.807) is 0 Å². The lowest BCUT2D eigenvalue weighted by atomic mass is 9.76. The van der Waals surface area contributed by atoms with E-state index in [2.05, 4.69) is 118 Å². The van der Waals surface area contributed by atoms with E-state index in [9.17, 15) is 14.4 Å². The van der Waals surface area contributed by atoms with Crippen molar-refractivity contribution in [1.82, 2.24) is 16.0 Å². The predicted octanol–water partition coefficient (Wildman–Crippen LogP) is 8.24. The van der Waals surface area contributed by atoms with E-state index < -0.39 is 23.5 Å². The van der Waals surface area contributed by atoms with E-state index in [-0.39, 0.29) is 37.9 Å². The number of carbonyl (C=O) groups excluding carboxylic acids is 3. The van der Waals surface area contributed by atoms with Crippen LogP contribution in [0.2, 0.25) is 0 Å². The normalized spacial score (nSPS) is 12.1. The summed E-state index contributed by atoms with van der Waals surface area (Å²) < 4.78 is 49.6. The number of nitrogens with zero attached hydrogens (tertiary/aromatic N) is 3. The third-order valence-electron chi connectivity index (χ3n) is 13.2. The lowest BCUT2D eigenvalue weighted by Gasteiger charge is -2.37. The van der Waals surface area contributed by atoms with Crippen molar-refractivity contribution < 1.29 is 57.0 Å². The van der Waals surface area contributed by atoms with Gasteiger partial charge in [-0.05, 0) is 91.6 Å². The number of hydrogen-bond acceptors (Lipinski definition) is 14. The van der Waals surface area contributed by atoms with Gasteiger partial charge in [0.1, 0.15) is 12.1 Å². The van der Waals surface area contributed by atoms with Gasteiger partial charge in [-0.3, -0.25) is 19.7 Å². The van der Waals surface area contributed by atoms with Gasteiger partial charge in [0, 0.05) is 30.0 Å². The highest BCUT2D eigenvalue weighted by Crippen LogP contribution is 2.37. The molecule has 0 fully saturated rings. The Labute approximate surface area is 490 Å². The third kappa shape index (κ3) is 26.7. The van der Waals surface area contributed by atoms with Crippen LogP contribution in [0.3, 0.4) is 0 Å². The van der Waals surface area contributed by atoms with E-state index in [0.29, 0.717) is 144 Å². The summed E-state index contributed by atoms with van der Waals surface area (Å²) in [6.07, 6.45) is 1.87. The second-order valence-electron chi connectivity index (χ2n) is 19.5. The zero-order chi connectivity index (χ0) is 58.8. The van der Waals surface area contributed by atoms with E-state index in [1.807, 2.05) is 67.6 Å². The molecule has 0 spiro atoms. The van der Waals surface area contributed by atoms with Crippen LogP contribution in [0.4, 0.5) is 5.69 Å². The molecule has 449 valence electrons. The van der Waals surface area contributed by atoms with Crippen LogP contribution in [0.5, 0.6) is 0 Å². The maximum atomic E-state index is 14.4. The Morgan fingerprint density at radius 3 is 1.47 bits per heavy atom. The molecule has 4 N–H and O–H groups in total. The minimum Gasteiger partial charge on any atom is -0.379 e. The molecule has 2 atom stereocenters. The second-order valence-corrected chi connectivity index (χ2v) is 19.5. The first kappa shape index (κ1) is 67.2. The zero-order valence-corrected chi connectivity index (χ0v) is 48.5. The molecule has 0 heterocycles. The second kappa shape index (κ2) is 41.4. The van der Waals surface area contributed by atoms with E-state index in [1.165, 1.54) is 5.56 Å². The standard InChI is InChI=1S/C64H86N7O12/c1-51-22-25-57(26-23-51)64(55-17-9-5-10-18-55,56-19-11-6-12-20-56)66-29-14-13-21-59(62(73)69-58-27-24-52(2)49-53(58)3)70-63(74)60(50-54-15-7-4-8-16-54)68-61(72)28-31-75-33-35-77-37-39-79-41-43-81-45-47-83-48-46-82-44-42-80-40-38-78-36-34-76-32-30-67-71-65/h4-12,15-20,22-27,49,59-60,66H,2,13-14,21,28-48,50H2,1,3H3,(H,68,72)(H,69,73)(H,70,74)/t59-,60-/m0/s1. The molecule has 5 rings (SSSR count). The van der Waals surface area contributed by atoms with Crippen LogP contribution in [-0.2, 0) is 69.0 Å². The molecule has 5 aromatic carbocycles. The van der Waals surface area contributed by atoms with Crippen molar-refractivity contribution in [3.05, 3.63) is 190 Å². The van der Waals surface area contributed by atoms with Crippen LogP contribution in [0.15, 0.2) is 139 Å². The number of aryl methyl sites for hydroxylation is 2. The van der Waals surface area contributed by atoms with Gasteiger partial charge in [-0.1, -0.05) is 138 Å². The van der Waals surface area contributed by atoms with Crippen LogP contribution in [0.25, 0.3) is 10.4 Å². The lowest BCUT2D eigenvalue weighted by molar-refractivity contribution is -0.131. The monoisotopic (exact) mass is 1140 g/mol. The number of benzene rings is 5. The van der Waals surface area contributed by atoms with E-state index in [4.69, 9.17) is 48.2 Å². The van der Waals surface area contributed by atoms with Crippen LogP contribution >= 0.6 is 0 Å². The third-order valence-corrected chi connectivity index (χ3v) is 13.2. The van der Waals surface area contributed by atoms with Crippen LogP contribution < -0.4 is 21.3 Å². The van der Waals surface area contributed by atoms with Crippen molar-refractivity contribution in [1.29, 1.82) is 0 Å². The lowest BCUT2D eigenvalue weighted by Crippen LogP contribution is -2.53. The molecule has 0 bridgehead atoms. The van der Waals surface area contributed by atoms with Crippen molar-refractivity contribution in [2.75, 3.05) is 137 Å². The highest BCUT2D eigenvalue weighted by Gasteiger charge is 2.36. The summed E-state index contributed by atoms with van der Waals surface area (Å²) in [6.45, 7) is 16.1. The summed E-state index contributed by atoms with van der Waals surface area (Å²) in [5, 5.41) is 16.3. The van der Waals surface area contributed by atoms with Gasteiger partial charge in [0.2, 0.25) is 17.7 Å². The highest BCUT2D eigenvalue weighted by atomic mass is 16.6. The SMILES string of the molecule is [CH2]c1ccc(NC(=O)[C@H](CCCCNC(c2ccccc2)(c2ccccc2)c2ccc(C)cc2)NC(=O)[C@H](Cc2ccccc2)NC(=O)CCOCCOCCOCCOCCOCCOCCOCCOCCOCCN=[N+]=[N-])c(C)c1. The summed E-state index contributed by atoms with van der Waals surface area (Å²) in [6, 6.07) is 42.6. The molecule has 0 saturated heterocycles. The average molecular weight is 1150 g/mol. The maximum Gasteiger partial charge on any atom is 0.246 e. The van der Waals surface area contributed by atoms with Gasteiger partial charge in [0.25, 0.3) is 0 Å². The number of amides is 3. The Bertz CT molecular complexity index is 2560. The smallest absolute Gasteiger partial charge is 0.246 e. The summed E-state index contributed by atoms with van der Waals surface area (Å²) in [4.78, 5) is 44.7. The Morgan fingerprint density at radius 2 is 0.988 bits per heavy atom. The molecule has 0 aliphatic rings. The summed E-state index contributed by atoms with van der Waals surface area (Å²) >= 11 is 0. The Hall–Kier alpha value is -6.58.